The number of amides is 2. The van der Waals surface area contributed by atoms with E-state index in [4.69, 9.17) is 9.47 Å². The highest BCUT2D eigenvalue weighted by Crippen LogP contribution is 2.33. The van der Waals surface area contributed by atoms with Gasteiger partial charge in [0.15, 0.2) is 0 Å². The van der Waals surface area contributed by atoms with Gasteiger partial charge in [0.05, 0.1) is 26.2 Å². The largest absolute Gasteiger partial charge is 0.497 e. The van der Waals surface area contributed by atoms with Crippen molar-refractivity contribution < 1.29 is 31.9 Å². The number of anilines is 1. The zero-order valence-corrected chi connectivity index (χ0v) is 22.3. The summed E-state index contributed by atoms with van der Waals surface area (Å²) in [6, 6.07) is 9.08. The molecule has 0 heterocycles. The molecule has 0 saturated carbocycles. The molecule has 0 radical (unpaired) electrons. The van der Waals surface area contributed by atoms with Crippen LogP contribution in [0.2, 0.25) is 0 Å². The molecule has 1 atom stereocenters. The summed E-state index contributed by atoms with van der Waals surface area (Å²) in [5.41, 5.74) is 0.740. The Morgan fingerprint density at radius 3 is 2.19 bits per heavy atom. The fourth-order valence-corrected chi connectivity index (χ4v) is 4.53. The van der Waals surface area contributed by atoms with Crippen LogP contribution in [0, 0.1) is 5.82 Å². The van der Waals surface area contributed by atoms with Crippen LogP contribution in [0.1, 0.15) is 32.8 Å². The number of nitrogens with zero attached hydrogens (tertiary/aromatic N) is 2. The molecule has 0 aromatic heterocycles. The Labute approximate surface area is 212 Å². The van der Waals surface area contributed by atoms with Gasteiger partial charge in [-0.1, -0.05) is 19.1 Å². The first-order chi connectivity index (χ1) is 16.9. The molecule has 9 nitrogen and oxygen atoms in total. The summed E-state index contributed by atoms with van der Waals surface area (Å²) < 4.78 is 50.5. The molecule has 0 aliphatic heterocycles. The molecule has 36 heavy (non-hydrogen) atoms. The normalized spacial score (nSPS) is 12.1. The van der Waals surface area contributed by atoms with Gasteiger partial charge >= 0.3 is 0 Å². The highest BCUT2D eigenvalue weighted by atomic mass is 32.2. The number of ether oxygens (including phenoxy) is 2. The molecule has 0 unspecified atom stereocenters. The molecule has 0 saturated heterocycles. The number of sulfonamides is 1. The van der Waals surface area contributed by atoms with Gasteiger partial charge in [-0.2, -0.15) is 0 Å². The van der Waals surface area contributed by atoms with Crippen molar-refractivity contribution in [3.63, 3.8) is 0 Å². The smallest absolute Gasteiger partial charge is 0.244 e. The van der Waals surface area contributed by atoms with Crippen molar-refractivity contribution in [1.82, 2.24) is 10.2 Å². The number of halogens is 1. The van der Waals surface area contributed by atoms with E-state index in [1.807, 2.05) is 0 Å². The zero-order valence-electron chi connectivity index (χ0n) is 21.4. The van der Waals surface area contributed by atoms with Crippen LogP contribution in [0.15, 0.2) is 42.5 Å². The number of hydrogen-bond donors (Lipinski definition) is 1. The van der Waals surface area contributed by atoms with E-state index in [1.165, 1.54) is 55.5 Å². The van der Waals surface area contributed by atoms with Gasteiger partial charge in [-0.05, 0) is 50.1 Å². The highest BCUT2D eigenvalue weighted by Gasteiger charge is 2.32. The standard InChI is InChI=1S/C25H34FN3O6S/c1-7-21(25(31)27-17(2)3)28(15-18-8-10-19(26)11-9-18)24(30)16-29(36(6,32)33)22-13-12-20(34-4)14-23(22)35-5/h8-14,17,21H,7,15-16H2,1-6H3,(H,27,31)/t21-/m0/s1. The lowest BCUT2D eigenvalue weighted by Gasteiger charge is -2.33. The number of hydrogen-bond acceptors (Lipinski definition) is 6. The number of carbonyl (C=O) groups excluding carboxylic acids is 2. The van der Waals surface area contributed by atoms with Gasteiger partial charge in [-0.15, -0.1) is 0 Å². The van der Waals surface area contributed by atoms with E-state index in [1.54, 1.807) is 26.8 Å². The summed E-state index contributed by atoms with van der Waals surface area (Å²) >= 11 is 0. The average Bonchev–Trinajstić information content (AvgIpc) is 2.82. The van der Waals surface area contributed by atoms with Gasteiger partial charge < -0.3 is 19.7 Å². The fourth-order valence-electron chi connectivity index (χ4n) is 3.67. The van der Waals surface area contributed by atoms with Crippen LogP contribution in [-0.2, 0) is 26.2 Å². The van der Waals surface area contributed by atoms with Crippen LogP contribution < -0.4 is 19.1 Å². The van der Waals surface area contributed by atoms with Gasteiger partial charge in [0.2, 0.25) is 21.8 Å². The molecule has 11 heteroatoms. The molecule has 0 aliphatic carbocycles. The minimum absolute atomic E-state index is 0.0134. The predicted octanol–water partition coefficient (Wildman–Crippen LogP) is 2.94. The average molecular weight is 524 g/mol. The van der Waals surface area contributed by atoms with Gasteiger partial charge in [0.25, 0.3) is 0 Å². The van der Waals surface area contributed by atoms with E-state index in [0.717, 1.165) is 10.6 Å². The molecule has 0 aliphatic rings. The third-order valence-corrected chi connectivity index (χ3v) is 6.54. The number of carbonyl (C=O) groups is 2. The molecule has 1 N–H and O–H groups in total. The fraction of sp³-hybridized carbons (Fsp3) is 0.440. The molecule has 2 aromatic rings. The van der Waals surface area contributed by atoms with Crippen molar-refractivity contribution in [3.05, 3.63) is 53.8 Å². The van der Waals surface area contributed by atoms with Gasteiger partial charge in [-0.25, -0.2) is 12.8 Å². The molecule has 0 bridgehead atoms. The van der Waals surface area contributed by atoms with Crippen molar-refractivity contribution >= 4 is 27.5 Å². The summed E-state index contributed by atoms with van der Waals surface area (Å²) in [7, 11) is -1.09. The number of rotatable bonds is 12. The van der Waals surface area contributed by atoms with Crippen molar-refractivity contribution in [2.24, 2.45) is 0 Å². The Morgan fingerprint density at radius 1 is 1.06 bits per heavy atom. The molecule has 198 valence electrons. The Bertz CT molecular complexity index is 1150. The molecule has 2 amide bonds. The quantitative estimate of drug-likeness (QED) is 0.459. The molecule has 2 aromatic carbocycles. The minimum Gasteiger partial charge on any atom is -0.497 e. The van der Waals surface area contributed by atoms with E-state index in [2.05, 4.69) is 5.32 Å². The lowest BCUT2D eigenvalue weighted by atomic mass is 10.1. The van der Waals surface area contributed by atoms with E-state index in [9.17, 15) is 22.4 Å². The van der Waals surface area contributed by atoms with Crippen LogP contribution in [0.5, 0.6) is 11.5 Å². The summed E-state index contributed by atoms with van der Waals surface area (Å²) in [5, 5.41) is 2.81. The highest BCUT2D eigenvalue weighted by molar-refractivity contribution is 7.92. The molecule has 0 spiro atoms. The second-order valence-electron chi connectivity index (χ2n) is 8.54. The second kappa shape index (κ2) is 12.6. The number of benzene rings is 2. The van der Waals surface area contributed by atoms with E-state index >= 15 is 0 Å². The van der Waals surface area contributed by atoms with Crippen molar-refractivity contribution in [2.45, 2.75) is 45.8 Å². The predicted molar refractivity (Wildman–Crippen MR) is 136 cm³/mol. The van der Waals surface area contributed by atoms with Crippen molar-refractivity contribution in [3.8, 4) is 11.5 Å². The zero-order chi connectivity index (χ0) is 27.0. The Balaban J connectivity index is 2.50. The summed E-state index contributed by atoms with van der Waals surface area (Å²) in [4.78, 5) is 27.9. The Hall–Kier alpha value is -3.34. The third kappa shape index (κ3) is 7.58. The first-order valence-corrected chi connectivity index (χ1v) is 13.3. The van der Waals surface area contributed by atoms with E-state index in [0.29, 0.717) is 11.3 Å². The summed E-state index contributed by atoms with van der Waals surface area (Å²) in [5.74, 6) is -0.757. The lowest BCUT2D eigenvalue weighted by Crippen LogP contribution is -2.53. The van der Waals surface area contributed by atoms with Crippen LogP contribution in [-0.4, -0.2) is 64.2 Å². The van der Waals surface area contributed by atoms with Gasteiger partial charge in [0, 0.05) is 18.7 Å². The Kier molecular flexibility index (Phi) is 10.1. The second-order valence-corrected chi connectivity index (χ2v) is 10.4. The monoisotopic (exact) mass is 523 g/mol. The van der Waals surface area contributed by atoms with Gasteiger partial charge in [-0.3, -0.25) is 13.9 Å². The first kappa shape index (κ1) is 28.9. The molecule has 2 rings (SSSR count). The molecule has 0 fully saturated rings. The Morgan fingerprint density at radius 2 is 1.69 bits per heavy atom. The first-order valence-electron chi connectivity index (χ1n) is 11.4. The van der Waals surface area contributed by atoms with Crippen LogP contribution >= 0.6 is 0 Å². The van der Waals surface area contributed by atoms with E-state index < -0.39 is 34.3 Å². The van der Waals surface area contributed by atoms with Crippen LogP contribution in [0.4, 0.5) is 10.1 Å². The maximum atomic E-state index is 13.7. The topological polar surface area (TPSA) is 105 Å². The lowest BCUT2D eigenvalue weighted by molar-refractivity contribution is -0.140. The van der Waals surface area contributed by atoms with Crippen LogP contribution in [0.25, 0.3) is 0 Å². The minimum atomic E-state index is -3.93. The summed E-state index contributed by atoms with van der Waals surface area (Å²) in [6.07, 6.45) is 1.27. The summed E-state index contributed by atoms with van der Waals surface area (Å²) in [6.45, 7) is 4.78. The molecular weight excluding hydrogens is 489 g/mol. The van der Waals surface area contributed by atoms with Crippen LogP contribution in [0.3, 0.4) is 0 Å². The van der Waals surface area contributed by atoms with E-state index in [-0.39, 0.29) is 36.4 Å². The van der Waals surface area contributed by atoms with Crippen molar-refractivity contribution in [1.29, 1.82) is 0 Å². The van der Waals surface area contributed by atoms with Gasteiger partial charge in [0.1, 0.15) is 29.9 Å². The number of methoxy groups -OCH3 is 2. The molecular formula is C25H34FN3O6S. The third-order valence-electron chi connectivity index (χ3n) is 5.42. The number of nitrogens with one attached hydrogen (secondary N) is 1. The van der Waals surface area contributed by atoms with Crippen molar-refractivity contribution in [2.75, 3.05) is 31.3 Å². The maximum absolute atomic E-state index is 13.7. The maximum Gasteiger partial charge on any atom is 0.244 e. The SMILES string of the molecule is CC[C@@H](C(=O)NC(C)C)N(Cc1ccc(F)cc1)C(=O)CN(c1ccc(OC)cc1OC)S(C)(=O)=O.